The Morgan fingerprint density at radius 3 is 2.04 bits per heavy atom. The molecule has 7 aromatic carbocycles. The first-order chi connectivity index (χ1) is 38.7. The van der Waals surface area contributed by atoms with Crippen LogP contribution in [0.2, 0.25) is 0 Å². The first-order valence-electron chi connectivity index (χ1n) is 28.7. The van der Waals surface area contributed by atoms with E-state index in [0.717, 1.165) is 91.9 Å². The topological polar surface area (TPSA) is 50.1 Å². The second kappa shape index (κ2) is 18.4. The number of hydrogen-bond acceptors (Lipinski definition) is 6. The first-order valence-corrected chi connectivity index (χ1v) is 28.7. The highest BCUT2D eigenvalue weighted by Gasteiger charge is 2.55. The van der Waals surface area contributed by atoms with Gasteiger partial charge >= 0.3 is 0 Å². The SMILES string of the molecule is C/C=C\C1=C(C)C2CC=C(N(c3ccc(C(C)(C)C)cc3)c3ccc4c(c3)C3(C(C)=C(/C=C\C)c5ccccc53)c3cc(N(c5ccc(C(C)(C)C)cc5)c5ccc6c(c5)oc5ccccc56)c5c(c3-4)OC3NCC=CC53)C=C2O1. The molecule has 0 fully saturated rings. The molecule has 3 aliphatic carbocycles. The summed E-state index contributed by atoms with van der Waals surface area (Å²) in [4.78, 5) is 4.93. The van der Waals surface area contributed by atoms with Gasteiger partial charge in [0.25, 0.3) is 0 Å². The molecular weight excluding hydrogens is 979 g/mol. The van der Waals surface area contributed by atoms with E-state index >= 15 is 0 Å². The molecule has 14 rings (SSSR count). The molecule has 6 nitrogen and oxygen atoms in total. The third-order valence-corrected chi connectivity index (χ3v) is 18.0. The van der Waals surface area contributed by atoms with Gasteiger partial charge in [0, 0.05) is 75.0 Å². The summed E-state index contributed by atoms with van der Waals surface area (Å²) in [7, 11) is 0. The molecule has 6 aliphatic rings. The number of para-hydroxylation sites is 1. The predicted molar refractivity (Wildman–Crippen MR) is 331 cm³/mol. The van der Waals surface area contributed by atoms with Gasteiger partial charge in [-0.15, -0.1) is 0 Å². The van der Waals surface area contributed by atoms with Gasteiger partial charge in [-0.1, -0.05) is 151 Å². The van der Waals surface area contributed by atoms with Crippen molar-refractivity contribution in [1.82, 2.24) is 5.32 Å². The second-order valence-corrected chi connectivity index (χ2v) is 24.7. The van der Waals surface area contributed by atoms with Gasteiger partial charge in [0.05, 0.1) is 17.0 Å². The molecule has 6 heteroatoms. The third kappa shape index (κ3) is 7.48. The monoisotopic (exact) mass is 1050 g/mol. The lowest BCUT2D eigenvalue weighted by atomic mass is 9.69. The summed E-state index contributed by atoms with van der Waals surface area (Å²) in [6.07, 6.45) is 18.6. The number of allylic oxidation sites excluding steroid dienone is 9. The minimum atomic E-state index is -0.704. The Balaban J connectivity index is 1.04. The first kappa shape index (κ1) is 49.9. The zero-order valence-electron chi connectivity index (χ0n) is 47.7. The fourth-order valence-electron chi connectivity index (χ4n) is 14.0. The van der Waals surface area contributed by atoms with E-state index in [1.807, 2.05) is 6.07 Å². The van der Waals surface area contributed by atoms with Crippen LogP contribution < -0.4 is 19.9 Å². The molecule has 0 saturated carbocycles. The zero-order chi connectivity index (χ0) is 55.0. The number of furan rings is 1. The fraction of sp³-hybridized carbons (Fsp3) is 0.243. The van der Waals surface area contributed by atoms with Gasteiger partial charge in [0.1, 0.15) is 28.4 Å². The maximum absolute atomic E-state index is 7.52. The van der Waals surface area contributed by atoms with Crippen molar-refractivity contribution in [3.8, 4) is 16.9 Å². The maximum Gasteiger partial charge on any atom is 0.161 e. The molecule has 8 aromatic rings. The Hall–Kier alpha value is -8.32. The average Bonchev–Trinajstić information content (AvgIpc) is 4.37. The number of fused-ring (bicyclic) bond motifs is 15. The molecule has 398 valence electrons. The summed E-state index contributed by atoms with van der Waals surface area (Å²) in [5.74, 6) is 3.03. The van der Waals surface area contributed by atoms with Crippen LogP contribution in [0, 0.1) is 5.92 Å². The van der Waals surface area contributed by atoms with Crippen LogP contribution in [0.1, 0.15) is 121 Å². The number of ether oxygens (including phenoxy) is 2. The summed E-state index contributed by atoms with van der Waals surface area (Å²) in [6.45, 7) is 23.2. The summed E-state index contributed by atoms with van der Waals surface area (Å²) in [6, 6.07) is 52.4. The van der Waals surface area contributed by atoms with Crippen LogP contribution in [0.15, 0.2) is 221 Å². The summed E-state index contributed by atoms with van der Waals surface area (Å²) >= 11 is 0. The Morgan fingerprint density at radius 1 is 0.637 bits per heavy atom. The van der Waals surface area contributed by atoms with E-state index in [1.165, 1.54) is 61.2 Å². The second-order valence-electron chi connectivity index (χ2n) is 24.7. The maximum atomic E-state index is 7.52. The number of nitrogens with one attached hydrogen (secondary N) is 1. The number of nitrogens with zero attached hydrogens (tertiary/aromatic N) is 2. The van der Waals surface area contributed by atoms with Gasteiger partial charge in [-0.25, -0.2) is 0 Å². The molecule has 4 unspecified atom stereocenters. The Kier molecular flexibility index (Phi) is 11.5. The van der Waals surface area contributed by atoms with E-state index < -0.39 is 5.41 Å². The van der Waals surface area contributed by atoms with Crippen LogP contribution >= 0.6 is 0 Å². The highest BCUT2D eigenvalue weighted by molar-refractivity contribution is 6.07. The molecule has 1 spiro atoms. The third-order valence-electron chi connectivity index (χ3n) is 18.0. The molecule has 4 atom stereocenters. The average molecular weight is 1050 g/mol. The van der Waals surface area contributed by atoms with Crippen molar-refractivity contribution in [2.75, 3.05) is 16.3 Å². The minimum Gasteiger partial charge on any atom is -0.473 e. The molecule has 0 saturated heterocycles. The van der Waals surface area contributed by atoms with Crippen LogP contribution in [-0.2, 0) is 21.0 Å². The van der Waals surface area contributed by atoms with E-state index in [-0.39, 0.29) is 28.9 Å². The zero-order valence-corrected chi connectivity index (χ0v) is 47.7. The van der Waals surface area contributed by atoms with Crippen LogP contribution in [0.4, 0.5) is 28.4 Å². The van der Waals surface area contributed by atoms with Crippen molar-refractivity contribution in [1.29, 1.82) is 0 Å². The van der Waals surface area contributed by atoms with E-state index in [2.05, 4.69) is 266 Å². The van der Waals surface area contributed by atoms with Crippen LogP contribution in [0.5, 0.6) is 5.75 Å². The number of hydrogen-bond donors (Lipinski definition) is 1. The lowest BCUT2D eigenvalue weighted by Gasteiger charge is -2.35. The fourth-order valence-corrected chi connectivity index (χ4v) is 14.0. The molecule has 4 heterocycles. The Bertz CT molecular complexity index is 4120. The van der Waals surface area contributed by atoms with Crippen LogP contribution in [0.3, 0.4) is 0 Å². The lowest BCUT2D eigenvalue weighted by Crippen LogP contribution is -2.38. The predicted octanol–water partition coefficient (Wildman–Crippen LogP) is 19.1. The standard InChI is InChI=1S/C74H69N3O3/c1-11-18-54-45(4)74(60-23-15-13-20-55(54)60)61-40-50(76(48-29-25-46(26-30-48)72(5,6)7)51-33-36-53-44(3)64(19-12-2)78-66(53)41-51)35-38-58(61)68-62(74)43-63(69-59-22-17-39-75-71(59)80-70(68)69)77(49-31-27-47(28-32-49)73(8,9)10)52-34-37-57-56-21-14-16-24-65(56)79-67(57)42-52/h11-35,37-38,40-43,53,59,71,75H,36,39H2,1-10H3/b18-11-,19-12-. The van der Waals surface area contributed by atoms with Crippen molar-refractivity contribution in [2.45, 2.75) is 104 Å². The summed E-state index contributed by atoms with van der Waals surface area (Å²) in [5, 5.41) is 5.99. The minimum absolute atomic E-state index is 0.00151. The lowest BCUT2D eigenvalue weighted by molar-refractivity contribution is 0.180. The van der Waals surface area contributed by atoms with Crippen molar-refractivity contribution < 1.29 is 13.9 Å². The Labute approximate surface area is 471 Å². The Morgan fingerprint density at radius 2 is 1.30 bits per heavy atom. The molecule has 1 N–H and O–H groups in total. The summed E-state index contributed by atoms with van der Waals surface area (Å²) in [5.41, 5.74) is 22.3. The molecule has 0 amide bonds. The molecule has 0 radical (unpaired) electrons. The number of benzene rings is 7. The van der Waals surface area contributed by atoms with E-state index in [9.17, 15) is 0 Å². The van der Waals surface area contributed by atoms with Crippen molar-refractivity contribution >= 4 is 55.9 Å². The highest BCUT2D eigenvalue weighted by atomic mass is 16.5. The van der Waals surface area contributed by atoms with Gasteiger partial charge in [-0.05, 0) is 167 Å². The van der Waals surface area contributed by atoms with Gasteiger partial charge in [0.2, 0.25) is 0 Å². The highest BCUT2D eigenvalue weighted by Crippen LogP contribution is 2.67. The number of rotatable bonds is 8. The molecule has 0 bridgehead atoms. The van der Waals surface area contributed by atoms with Crippen LogP contribution in [0.25, 0.3) is 38.6 Å². The van der Waals surface area contributed by atoms with Crippen molar-refractivity contribution in [2.24, 2.45) is 5.92 Å². The van der Waals surface area contributed by atoms with E-state index in [0.29, 0.717) is 0 Å². The molecular formula is C74H69N3O3. The van der Waals surface area contributed by atoms with Gasteiger partial charge < -0.3 is 23.7 Å². The summed E-state index contributed by atoms with van der Waals surface area (Å²) < 4.78 is 20.9. The smallest absolute Gasteiger partial charge is 0.161 e. The molecule has 3 aliphatic heterocycles. The largest absolute Gasteiger partial charge is 0.473 e. The van der Waals surface area contributed by atoms with Crippen molar-refractivity contribution in [3.05, 3.63) is 255 Å². The number of anilines is 5. The molecule has 1 aromatic heterocycles. The normalized spacial score (nSPS) is 20.8. The molecule has 80 heavy (non-hydrogen) atoms. The van der Waals surface area contributed by atoms with Gasteiger partial charge in [-0.3, -0.25) is 5.32 Å². The van der Waals surface area contributed by atoms with E-state index in [4.69, 9.17) is 13.9 Å². The quantitative estimate of drug-likeness (QED) is 0.153. The van der Waals surface area contributed by atoms with E-state index in [1.54, 1.807) is 0 Å². The van der Waals surface area contributed by atoms with Gasteiger partial charge in [-0.2, -0.15) is 0 Å². The van der Waals surface area contributed by atoms with Crippen LogP contribution in [-0.4, -0.2) is 12.8 Å². The van der Waals surface area contributed by atoms with Crippen molar-refractivity contribution in [3.63, 3.8) is 0 Å². The van der Waals surface area contributed by atoms with Gasteiger partial charge in [0.15, 0.2) is 6.23 Å².